The maximum atomic E-state index is 6.32. The first-order valence-corrected chi connectivity index (χ1v) is 8.06. The molecule has 0 heterocycles. The standard InChI is InChI=1S/C18H29NO/c1-4-15-7-5-6-8-18(15)20-12-17(19)16-10-9-13(2)11-14(16)3/h9-11,15,17-18H,4-8,12,19H2,1-3H3. The highest BCUT2D eigenvalue weighted by molar-refractivity contribution is 5.32. The number of rotatable bonds is 5. The van der Waals surface area contributed by atoms with Crippen LogP contribution in [0.2, 0.25) is 0 Å². The summed E-state index contributed by atoms with van der Waals surface area (Å²) < 4.78 is 6.16. The van der Waals surface area contributed by atoms with Crippen LogP contribution in [0.15, 0.2) is 18.2 Å². The first kappa shape index (κ1) is 15.5. The zero-order chi connectivity index (χ0) is 14.5. The van der Waals surface area contributed by atoms with Gasteiger partial charge in [0.15, 0.2) is 0 Å². The molecule has 0 aromatic heterocycles. The van der Waals surface area contributed by atoms with E-state index in [0.717, 1.165) is 5.92 Å². The fraction of sp³-hybridized carbons (Fsp3) is 0.667. The summed E-state index contributed by atoms with van der Waals surface area (Å²) in [6.07, 6.45) is 6.84. The Morgan fingerprint density at radius 1 is 1.25 bits per heavy atom. The summed E-state index contributed by atoms with van der Waals surface area (Å²) in [6, 6.07) is 6.48. The Morgan fingerprint density at radius 3 is 2.70 bits per heavy atom. The molecule has 2 nitrogen and oxygen atoms in total. The van der Waals surface area contributed by atoms with Crippen molar-refractivity contribution in [2.45, 2.75) is 65.0 Å². The number of benzene rings is 1. The van der Waals surface area contributed by atoms with Crippen LogP contribution >= 0.6 is 0 Å². The molecule has 0 bridgehead atoms. The molecule has 112 valence electrons. The van der Waals surface area contributed by atoms with Crippen LogP contribution in [-0.4, -0.2) is 12.7 Å². The fourth-order valence-corrected chi connectivity index (χ4v) is 3.42. The Bertz CT molecular complexity index is 429. The van der Waals surface area contributed by atoms with Gasteiger partial charge in [0.25, 0.3) is 0 Å². The van der Waals surface area contributed by atoms with E-state index in [2.05, 4.69) is 39.0 Å². The summed E-state index contributed by atoms with van der Waals surface area (Å²) in [7, 11) is 0. The molecule has 2 rings (SSSR count). The highest BCUT2D eigenvalue weighted by atomic mass is 16.5. The molecule has 0 spiro atoms. The van der Waals surface area contributed by atoms with Gasteiger partial charge in [-0.2, -0.15) is 0 Å². The Labute approximate surface area is 123 Å². The van der Waals surface area contributed by atoms with Gasteiger partial charge < -0.3 is 10.5 Å². The van der Waals surface area contributed by atoms with Gasteiger partial charge in [-0.3, -0.25) is 0 Å². The molecule has 3 atom stereocenters. The number of hydrogen-bond acceptors (Lipinski definition) is 2. The molecule has 3 unspecified atom stereocenters. The highest BCUT2D eigenvalue weighted by Gasteiger charge is 2.25. The second-order valence-electron chi connectivity index (χ2n) is 6.29. The quantitative estimate of drug-likeness (QED) is 0.870. The lowest BCUT2D eigenvalue weighted by molar-refractivity contribution is -0.0180. The van der Waals surface area contributed by atoms with Crippen molar-refractivity contribution in [1.29, 1.82) is 0 Å². The van der Waals surface area contributed by atoms with Crippen molar-refractivity contribution in [1.82, 2.24) is 0 Å². The number of hydrogen-bond donors (Lipinski definition) is 1. The van der Waals surface area contributed by atoms with Crippen molar-refractivity contribution in [3.63, 3.8) is 0 Å². The molecule has 1 fully saturated rings. The van der Waals surface area contributed by atoms with Crippen molar-refractivity contribution < 1.29 is 4.74 Å². The molecule has 1 saturated carbocycles. The van der Waals surface area contributed by atoms with Crippen molar-refractivity contribution in [3.8, 4) is 0 Å². The second-order valence-corrected chi connectivity index (χ2v) is 6.29. The minimum atomic E-state index is -0.00460. The van der Waals surface area contributed by atoms with Crippen LogP contribution in [0.1, 0.15) is 61.8 Å². The van der Waals surface area contributed by atoms with Crippen LogP contribution in [0.4, 0.5) is 0 Å². The van der Waals surface area contributed by atoms with E-state index >= 15 is 0 Å². The molecule has 0 radical (unpaired) electrons. The molecule has 1 aliphatic carbocycles. The maximum absolute atomic E-state index is 6.32. The van der Waals surface area contributed by atoms with Gasteiger partial charge in [0.2, 0.25) is 0 Å². The average molecular weight is 275 g/mol. The van der Waals surface area contributed by atoms with E-state index in [4.69, 9.17) is 10.5 Å². The molecule has 1 aromatic carbocycles. The Balaban J connectivity index is 1.92. The van der Waals surface area contributed by atoms with E-state index in [1.165, 1.54) is 48.8 Å². The Kier molecular flexibility index (Phi) is 5.62. The van der Waals surface area contributed by atoms with Crippen LogP contribution in [0.3, 0.4) is 0 Å². The molecule has 20 heavy (non-hydrogen) atoms. The van der Waals surface area contributed by atoms with Gasteiger partial charge in [-0.05, 0) is 43.7 Å². The van der Waals surface area contributed by atoms with Crippen LogP contribution < -0.4 is 5.73 Å². The van der Waals surface area contributed by atoms with Crippen molar-refractivity contribution in [2.75, 3.05) is 6.61 Å². The second kappa shape index (κ2) is 7.24. The largest absolute Gasteiger partial charge is 0.376 e. The molecule has 1 aromatic rings. The topological polar surface area (TPSA) is 35.2 Å². The molecule has 1 aliphatic rings. The lowest BCUT2D eigenvalue weighted by Crippen LogP contribution is -2.30. The fourth-order valence-electron chi connectivity index (χ4n) is 3.42. The summed E-state index contributed by atoms with van der Waals surface area (Å²) in [4.78, 5) is 0. The molecule has 2 N–H and O–H groups in total. The maximum Gasteiger partial charge on any atom is 0.0663 e. The molecule has 2 heteroatoms. The van der Waals surface area contributed by atoms with Crippen LogP contribution in [0.25, 0.3) is 0 Å². The van der Waals surface area contributed by atoms with E-state index in [1.54, 1.807) is 0 Å². The number of ether oxygens (including phenoxy) is 1. The van der Waals surface area contributed by atoms with Gasteiger partial charge in [-0.1, -0.05) is 49.9 Å². The van der Waals surface area contributed by atoms with Crippen molar-refractivity contribution in [3.05, 3.63) is 34.9 Å². The predicted molar refractivity (Wildman–Crippen MR) is 84.8 cm³/mol. The van der Waals surface area contributed by atoms with Gasteiger partial charge >= 0.3 is 0 Å². The third-order valence-corrected chi connectivity index (χ3v) is 4.68. The monoisotopic (exact) mass is 275 g/mol. The average Bonchev–Trinajstić information content (AvgIpc) is 2.45. The zero-order valence-electron chi connectivity index (χ0n) is 13.2. The first-order chi connectivity index (χ1) is 9.61. The van der Waals surface area contributed by atoms with Crippen molar-refractivity contribution in [2.24, 2.45) is 11.7 Å². The Hall–Kier alpha value is -0.860. The molecule has 0 aliphatic heterocycles. The third kappa shape index (κ3) is 3.83. The number of aryl methyl sites for hydroxylation is 2. The van der Waals surface area contributed by atoms with Crippen LogP contribution in [0.5, 0.6) is 0 Å². The minimum Gasteiger partial charge on any atom is -0.376 e. The van der Waals surface area contributed by atoms with Crippen LogP contribution in [-0.2, 0) is 4.74 Å². The molecular weight excluding hydrogens is 246 g/mol. The summed E-state index contributed by atoms with van der Waals surface area (Å²) in [5.41, 5.74) is 10.1. The van der Waals surface area contributed by atoms with Gasteiger partial charge in [0, 0.05) is 0 Å². The van der Waals surface area contributed by atoms with E-state index in [-0.39, 0.29) is 6.04 Å². The minimum absolute atomic E-state index is 0.00460. The normalized spacial score (nSPS) is 24.6. The highest BCUT2D eigenvalue weighted by Crippen LogP contribution is 2.30. The summed E-state index contributed by atoms with van der Waals surface area (Å²) in [5.74, 6) is 0.732. The summed E-state index contributed by atoms with van der Waals surface area (Å²) in [5, 5.41) is 0. The van der Waals surface area contributed by atoms with E-state index in [1.807, 2.05) is 0 Å². The van der Waals surface area contributed by atoms with Gasteiger partial charge in [-0.15, -0.1) is 0 Å². The molecule has 0 saturated heterocycles. The van der Waals surface area contributed by atoms with Gasteiger partial charge in [0.05, 0.1) is 18.8 Å². The Morgan fingerprint density at radius 2 is 2.00 bits per heavy atom. The lowest BCUT2D eigenvalue weighted by Gasteiger charge is -2.31. The predicted octanol–water partition coefficient (Wildman–Crippen LogP) is 4.29. The molecular formula is C18H29NO. The third-order valence-electron chi connectivity index (χ3n) is 4.68. The molecule has 0 amide bonds. The number of nitrogens with two attached hydrogens (primary N) is 1. The van der Waals surface area contributed by atoms with E-state index in [9.17, 15) is 0 Å². The van der Waals surface area contributed by atoms with E-state index < -0.39 is 0 Å². The summed E-state index contributed by atoms with van der Waals surface area (Å²) in [6.45, 7) is 7.17. The van der Waals surface area contributed by atoms with Crippen molar-refractivity contribution >= 4 is 0 Å². The lowest BCUT2D eigenvalue weighted by atomic mass is 9.84. The van der Waals surface area contributed by atoms with Gasteiger partial charge in [-0.25, -0.2) is 0 Å². The first-order valence-electron chi connectivity index (χ1n) is 8.06. The SMILES string of the molecule is CCC1CCCCC1OCC(N)c1ccc(C)cc1C. The van der Waals surface area contributed by atoms with Crippen LogP contribution in [0, 0.1) is 19.8 Å². The van der Waals surface area contributed by atoms with Gasteiger partial charge in [0.1, 0.15) is 0 Å². The summed E-state index contributed by atoms with van der Waals surface area (Å²) >= 11 is 0. The van der Waals surface area contributed by atoms with E-state index in [0.29, 0.717) is 12.7 Å². The smallest absolute Gasteiger partial charge is 0.0663 e. The zero-order valence-corrected chi connectivity index (χ0v) is 13.2.